The van der Waals surface area contributed by atoms with Crippen molar-refractivity contribution < 1.29 is 8.42 Å². The van der Waals surface area contributed by atoms with Crippen molar-refractivity contribution in [1.82, 2.24) is 10.0 Å². The molecule has 1 aliphatic rings. The Morgan fingerprint density at radius 2 is 2.00 bits per heavy atom. The normalized spacial score (nSPS) is 16.7. The van der Waals surface area contributed by atoms with Crippen LogP contribution in [0.5, 0.6) is 0 Å². The van der Waals surface area contributed by atoms with Gasteiger partial charge in [-0.2, -0.15) is 0 Å². The third-order valence-electron chi connectivity index (χ3n) is 3.70. The maximum Gasteiger partial charge on any atom is 0.241 e. The Kier molecular flexibility index (Phi) is 5.60. The van der Waals surface area contributed by atoms with Gasteiger partial charge < -0.3 is 5.32 Å². The average molecular weight is 361 g/mol. The van der Waals surface area contributed by atoms with Crippen LogP contribution in [0.2, 0.25) is 0 Å². The highest BCUT2D eigenvalue weighted by molar-refractivity contribution is 9.10. The lowest BCUT2D eigenvalue weighted by Gasteiger charge is -2.13. The number of halogens is 1. The summed E-state index contributed by atoms with van der Waals surface area (Å²) in [4.78, 5) is 0.322. The van der Waals surface area contributed by atoms with Gasteiger partial charge >= 0.3 is 0 Å². The van der Waals surface area contributed by atoms with E-state index in [0.29, 0.717) is 28.4 Å². The Labute approximate surface area is 129 Å². The molecule has 0 unspecified atom stereocenters. The molecule has 0 heterocycles. The first-order valence-corrected chi connectivity index (χ1v) is 9.23. The standard InChI is InChI=1S/C14H21BrN2O2S/c1-16-9-12-6-7-13(15)14(8-12)20(18,19)17-10-11-4-2-3-5-11/h6-8,11,16-17H,2-5,9-10H2,1H3. The summed E-state index contributed by atoms with van der Waals surface area (Å²) in [6.07, 6.45) is 4.69. The molecule has 0 aliphatic heterocycles. The fourth-order valence-electron chi connectivity index (χ4n) is 2.59. The van der Waals surface area contributed by atoms with E-state index in [0.717, 1.165) is 18.4 Å². The number of hydrogen-bond acceptors (Lipinski definition) is 3. The Balaban J connectivity index is 2.12. The highest BCUT2D eigenvalue weighted by Crippen LogP contribution is 2.26. The Morgan fingerprint density at radius 1 is 1.30 bits per heavy atom. The average Bonchev–Trinajstić information content (AvgIpc) is 2.92. The van der Waals surface area contributed by atoms with Crippen molar-refractivity contribution in [2.75, 3.05) is 13.6 Å². The SMILES string of the molecule is CNCc1ccc(Br)c(S(=O)(=O)NCC2CCCC2)c1. The molecule has 4 nitrogen and oxygen atoms in total. The van der Waals surface area contributed by atoms with Crippen LogP contribution in [0.4, 0.5) is 0 Å². The fraction of sp³-hybridized carbons (Fsp3) is 0.571. The van der Waals surface area contributed by atoms with E-state index in [2.05, 4.69) is 26.0 Å². The summed E-state index contributed by atoms with van der Waals surface area (Å²) in [5.41, 5.74) is 0.956. The van der Waals surface area contributed by atoms with Crippen LogP contribution < -0.4 is 10.0 Å². The molecule has 0 aromatic heterocycles. The Morgan fingerprint density at radius 3 is 2.65 bits per heavy atom. The molecule has 2 N–H and O–H groups in total. The summed E-state index contributed by atoms with van der Waals surface area (Å²) in [6, 6.07) is 5.42. The maximum atomic E-state index is 12.4. The summed E-state index contributed by atoms with van der Waals surface area (Å²) >= 11 is 3.33. The molecule has 0 radical (unpaired) electrons. The van der Waals surface area contributed by atoms with E-state index < -0.39 is 10.0 Å². The van der Waals surface area contributed by atoms with Crippen molar-refractivity contribution in [3.8, 4) is 0 Å². The van der Waals surface area contributed by atoms with Crippen molar-refractivity contribution >= 4 is 26.0 Å². The van der Waals surface area contributed by atoms with E-state index in [-0.39, 0.29) is 0 Å². The van der Waals surface area contributed by atoms with Gasteiger partial charge in [-0.15, -0.1) is 0 Å². The predicted octanol–water partition coefficient (Wildman–Crippen LogP) is 2.64. The van der Waals surface area contributed by atoms with Crippen LogP contribution in [0.15, 0.2) is 27.6 Å². The zero-order valence-corrected chi connectivity index (χ0v) is 14.1. The van der Waals surface area contributed by atoms with Gasteiger partial charge in [0.2, 0.25) is 10.0 Å². The lowest BCUT2D eigenvalue weighted by atomic mass is 10.1. The lowest BCUT2D eigenvalue weighted by molar-refractivity contribution is 0.519. The van der Waals surface area contributed by atoms with Crippen molar-refractivity contribution in [2.45, 2.75) is 37.1 Å². The van der Waals surface area contributed by atoms with Crippen molar-refractivity contribution in [1.29, 1.82) is 0 Å². The molecule has 0 spiro atoms. The lowest BCUT2D eigenvalue weighted by Crippen LogP contribution is -2.29. The Bertz CT molecular complexity index is 554. The third kappa shape index (κ3) is 4.04. The molecule has 1 aromatic carbocycles. The van der Waals surface area contributed by atoms with Gasteiger partial charge in [-0.1, -0.05) is 18.9 Å². The molecule has 0 bridgehead atoms. The smallest absolute Gasteiger partial charge is 0.241 e. The van der Waals surface area contributed by atoms with Gasteiger partial charge in [-0.3, -0.25) is 0 Å². The number of rotatable bonds is 6. The van der Waals surface area contributed by atoms with Gasteiger partial charge in [-0.25, -0.2) is 13.1 Å². The molecule has 1 fully saturated rings. The van der Waals surface area contributed by atoms with Gasteiger partial charge in [0.25, 0.3) is 0 Å². The molecule has 0 saturated heterocycles. The van der Waals surface area contributed by atoms with Gasteiger partial charge in [0.1, 0.15) is 0 Å². The fourth-order valence-corrected chi connectivity index (χ4v) is 4.72. The molecule has 112 valence electrons. The van der Waals surface area contributed by atoms with E-state index in [9.17, 15) is 8.42 Å². The van der Waals surface area contributed by atoms with Crippen molar-refractivity contribution in [2.24, 2.45) is 5.92 Å². The monoisotopic (exact) mass is 360 g/mol. The molecule has 1 aliphatic carbocycles. The van der Waals surface area contributed by atoms with Crippen LogP contribution in [-0.2, 0) is 16.6 Å². The highest BCUT2D eigenvalue weighted by Gasteiger charge is 2.21. The highest BCUT2D eigenvalue weighted by atomic mass is 79.9. The van der Waals surface area contributed by atoms with Crippen LogP contribution >= 0.6 is 15.9 Å². The molecule has 1 aromatic rings. The first kappa shape index (κ1) is 15.9. The number of sulfonamides is 1. The molecular weight excluding hydrogens is 340 g/mol. The van der Waals surface area contributed by atoms with Crippen LogP contribution in [0.25, 0.3) is 0 Å². The largest absolute Gasteiger partial charge is 0.316 e. The van der Waals surface area contributed by atoms with Crippen molar-refractivity contribution in [3.05, 3.63) is 28.2 Å². The molecule has 1 saturated carbocycles. The molecule has 2 rings (SSSR count). The summed E-state index contributed by atoms with van der Waals surface area (Å²) in [5.74, 6) is 0.490. The zero-order chi connectivity index (χ0) is 14.6. The minimum atomic E-state index is -3.44. The van der Waals surface area contributed by atoms with Crippen LogP contribution in [0.3, 0.4) is 0 Å². The van der Waals surface area contributed by atoms with E-state index in [4.69, 9.17) is 0 Å². The van der Waals surface area contributed by atoms with Gasteiger partial charge in [0.15, 0.2) is 0 Å². The second kappa shape index (κ2) is 7.02. The minimum absolute atomic E-state index is 0.322. The van der Waals surface area contributed by atoms with E-state index in [1.54, 1.807) is 12.1 Å². The first-order valence-electron chi connectivity index (χ1n) is 6.95. The van der Waals surface area contributed by atoms with Crippen LogP contribution in [0.1, 0.15) is 31.2 Å². The quantitative estimate of drug-likeness (QED) is 0.819. The van der Waals surface area contributed by atoms with Gasteiger partial charge in [-0.05, 0) is 59.4 Å². The second-order valence-corrected chi connectivity index (χ2v) is 7.89. The molecule has 6 heteroatoms. The zero-order valence-electron chi connectivity index (χ0n) is 11.7. The molecule has 0 amide bonds. The number of hydrogen-bond donors (Lipinski definition) is 2. The van der Waals surface area contributed by atoms with E-state index in [1.807, 2.05) is 13.1 Å². The molecule has 0 atom stereocenters. The maximum absolute atomic E-state index is 12.4. The van der Waals surface area contributed by atoms with Crippen molar-refractivity contribution in [3.63, 3.8) is 0 Å². The summed E-state index contributed by atoms with van der Waals surface area (Å²) < 4.78 is 28.2. The topological polar surface area (TPSA) is 58.2 Å². The van der Waals surface area contributed by atoms with Crippen LogP contribution in [-0.4, -0.2) is 22.0 Å². The second-order valence-electron chi connectivity index (χ2n) is 5.30. The summed E-state index contributed by atoms with van der Waals surface area (Å²) in [6.45, 7) is 1.20. The number of nitrogens with one attached hydrogen (secondary N) is 2. The van der Waals surface area contributed by atoms with Gasteiger partial charge in [0.05, 0.1) is 4.90 Å². The number of benzene rings is 1. The van der Waals surface area contributed by atoms with E-state index in [1.165, 1.54) is 12.8 Å². The van der Waals surface area contributed by atoms with Crippen LogP contribution in [0, 0.1) is 5.92 Å². The predicted molar refractivity (Wildman–Crippen MR) is 84.1 cm³/mol. The molecule has 20 heavy (non-hydrogen) atoms. The summed E-state index contributed by atoms with van der Waals surface area (Å²) in [7, 11) is -1.60. The first-order chi connectivity index (χ1) is 9.53. The minimum Gasteiger partial charge on any atom is -0.316 e. The Hall–Kier alpha value is -0.430. The molecular formula is C14H21BrN2O2S. The van der Waals surface area contributed by atoms with E-state index >= 15 is 0 Å². The summed E-state index contributed by atoms with van der Waals surface area (Å²) in [5, 5.41) is 3.03. The third-order valence-corrected chi connectivity index (χ3v) is 6.12. The van der Waals surface area contributed by atoms with Gasteiger partial charge in [0, 0.05) is 17.6 Å².